The molecule has 1 saturated heterocycles. The van der Waals surface area contributed by atoms with Gasteiger partial charge in [-0.25, -0.2) is 0 Å². The predicted octanol–water partition coefficient (Wildman–Crippen LogP) is 2.42. The Balaban J connectivity index is 1.48. The molecule has 0 bridgehead atoms. The smallest absolute Gasteiger partial charge is 0.237 e. The predicted molar refractivity (Wildman–Crippen MR) is 80.5 cm³/mol. The number of hydrogen-bond donors (Lipinski definition) is 2. The van der Waals surface area contributed by atoms with E-state index in [0.717, 1.165) is 30.7 Å². The van der Waals surface area contributed by atoms with Crippen molar-refractivity contribution in [2.45, 2.75) is 37.8 Å². The minimum Gasteiger partial charge on any atom is -0.493 e. The van der Waals surface area contributed by atoms with Gasteiger partial charge in [0, 0.05) is 23.6 Å². The molecule has 1 spiro atoms. The molecule has 5 heteroatoms. The monoisotopic (exact) mass is 306 g/mol. The molecular formula is C16H19ClN2O2. The molecule has 2 atom stereocenters. The van der Waals surface area contributed by atoms with Crippen LogP contribution in [0.15, 0.2) is 18.2 Å². The van der Waals surface area contributed by atoms with Crippen molar-refractivity contribution in [3.05, 3.63) is 28.8 Å². The van der Waals surface area contributed by atoms with Gasteiger partial charge in [0.2, 0.25) is 5.91 Å². The number of carbonyl (C=O) groups is 1. The zero-order valence-electron chi connectivity index (χ0n) is 11.8. The number of carbonyl (C=O) groups excluding carboxylic acids is 1. The summed E-state index contributed by atoms with van der Waals surface area (Å²) >= 11 is 6.07. The van der Waals surface area contributed by atoms with Crippen LogP contribution in [-0.4, -0.2) is 25.1 Å². The Kier molecular flexibility index (Phi) is 3.12. The molecule has 4 nitrogen and oxygen atoms in total. The van der Waals surface area contributed by atoms with E-state index in [-0.39, 0.29) is 18.0 Å². The molecule has 2 fully saturated rings. The maximum atomic E-state index is 12.5. The molecule has 1 saturated carbocycles. The van der Waals surface area contributed by atoms with Crippen LogP contribution in [0, 0.1) is 5.41 Å². The Bertz CT molecular complexity index is 586. The summed E-state index contributed by atoms with van der Waals surface area (Å²) in [7, 11) is 0. The third kappa shape index (κ3) is 2.51. The van der Waals surface area contributed by atoms with Crippen molar-refractivity contribution < 1.29 is 9.53 Å². The maximum absolute atomic E-state index is 12.5. The highest BCUT2D eigenvalue weighted by atomic mass is 35.5. The Labute approximate surface area is 129 Å². The molecule has 2 heterocycles. The van der Waals surface area contributed by atoms with Crippen molar-refractivity contribution in [2.75, 3.05) is 13.2 Å². The number of fused-ring (bicyclic) bond motifs is 1. The first kappa shape index (κ1) is 13.4. The third-order valence-corrected chi connectivity index (χ3v) is 5.20. The summed E-state index contributed by atoms with van der Waals surface area (Å²) in [6, 6.07) is 5.55. The fraction of sp³-hybridized carbons (Fsp3) is 0.562. The molecule has 112 valence electrons. The van der Waals surface area contributed by atoms with E-state index >= 15 is 0 Å². The molecule has 1 aliphatic carbocycles. The zero-order chi connectivity index (χ0) is 14.4. The molecule has 4 rings (SSSR count). The summed E-state index contributed by atoms with van der Waals surface area (Å²) < 4.78 is 5.63. The summed E-state index contributed by atoms with van der Waals surface area (Å²) in [5.74, 6) is 0.936. The lowest BCUT2D eigenvalue weighted by molar-refractivity contribution is -0.123. The largest absolute Gasteiger partial charge is 0.493 e. The number of rotatable bonds is 2. The molecule has 1 amide bonds. The van der Waals surface area contributed by atoms with E-state index < -0.39 is 0 Å². The van der Waals surface area contributed by atoms with Crippen LogP contribution in [0.3, 0.4) is 0 Å². The van der Waals surface area contributed by atoms with Gasteiger partial charge >= 0.3 is 0 Å². The molecule has 0 radical (unpaired) electrons. The van der Waals surface area contributed by atoms with Gasteiger partial charge in [-0.05, 0) is 42.9 Å². The molecule has 2 N–H and O–H groups in total. The first-order chi connectivity index (χ1) is 10.2. The molecule has 1 aromatic rings. The van der Waals surface area contributed by atoms with Crippen LogP contribution >= 0.6 is 11.6 Å². The van der Waals surface area contributed by atoms with E-state index in [1.54, 1.807) is 0 Å². The third-order valence-electron chi connectivity index (χ3n) is 4.96. The Morgan fingerprint density at radius 1 is 1.43 bits per heavy atom. The van der Waals surface area contributed by atoms with Gasteiger partial charge in [0.1, 0.15) is 5.75 Å². The van der Waals surface area contributed by atoms with Crippen LogP contribution in [0.4, 0.5) is 0 Å². The standard InChI is InChI=1S/C16H19ClN2O2/c17-10-1-2-14-11(7-10)12(3-6-21-14)19-15(20)13-8-16(4-5-16)9-18-13/h1-2,7,12-13,18H,3-6,8-9H2,(H,19,20)/t12?,13-/m0/s1. The highest BCUT2D eigenvalue weighted by Gasteiger charge is 2.50. The minimum atomic E-state index is -0.0435. The van der Waals surface area contributed by atoms with E-state index in [9.17, 15) is 4.79 Å². The number of amides is 1. The van der Waals surface area contributed by atoms with Gasteiger partial charge in [0.25, 0.3) is 0 Å². The summed E-state index contributed by atoms with van der Waals surface area (Å²) in [4.78, 5) is 12.5. The second kappa shape index (κ2) is 4.89. The van der Waals surface area contributed by atoms with E-state index in [1.165, 1.54) is 12.8 Å². The number of halogens is 1. The van der Waals surface area contributed by atoms with E-state index in [4.69, 9.17) is 16.3 Å². The van der Waals surface area contributed by atoms with Gasteiger partial charge < -0.3 is 15.4 Å². The molecular weight excluding hydrogens is 288 g/mol. The quantitative estimate of drug-likeness (QED) is 0.882. The Hall–Kier alpha value is -1.26. The number of ether oxygens (including phenoxy) is 1. The van der Waals surface area contributed by atoms with Crippen LogP contribution in [0.5, 0.6) is 5.75 Å². The molecule has 2 aliphatic heterocycles. The maximum Gasteiger partial charge on any atom is 0.237 e. The molecule has 0 aromatic heterocycles. The van der Waals surface area contributed by atoms with Gasteiger partial charge in [-0.2, -0.15) is 0 Å². The van der Waals surface area contributed by atoms with E-state index in [1.807, 2.05) is 18.2 Å². The van der Waals surface area contributed by atoms with Gasteiger partial charge in [-0.3, -0.25) is 4.79 Å². The van der Waals surface area contributed by atoms with Crippen LogP contribution in [0.25, 0.3) is 0 Å². The van der Waals surface area contributed by atoms with Crippen molar-refractivity contribution in [1.29, 1.82) is 0 Å². The van der Waals surface area contributed by atoms with Gasteiger partial charge in [-0.1, -0.05) is 11.6 Å². The van der Waals surface area contributed by atoms with Crippen molar-refractivity contribution in [2.24, 2.45) is 5.41 Å². The fourth-order valence-corrected chi connectivity index (χ4v) is 3.63. The summed E-state index contributed by atoms with van der Waals surface area (Å²) in [5.41, 5.74) is 1.42. The van der Waals surface area contributed by atoms with Gasteiger partial charge in [0.15, 0.2) is 0 Å². The lowest BCUT2D eigenvalue weighted by Gasteiger charge is -2.28. The van der Waals surface area contributed by atoms with E-state index in [0.29, 0.717) is 17.0 Å². The highest BCUT2D eigenvalue weighted by Crippen LogP contribution is 2.51. The Morgan fingerprint density at radius 3 is 3.05 bits per heavy atom. The summed E-state index contributed by atoms with van der Waals surface area (Å²) in [6.45, 7) is 1.61. The summed E-state index contributed by atoms with van der Waals surface area (Å²) in [6.07, 6.45) is 4.29. The minimum absolute atomic E-state index is 0.00231. The second-order valence-electron chi connectivity index (χ2n) is 6.52. The van der Waals surface area contributed by atoms with Crippen LogP contribution in [0.1, 0.15) is 37.3 Å². The molecule has 1 aromatic carbocycles. The lowest BCUT2D eigenvalue weighted by atomic mass is 9.99. The average molecular weight is 307 g/mol. The first-order valence-corrected chi connectivity index (χ1v) is 7.99. The molecule has 21 heavy (non-hydrogen) atoms. The lowest BCUT2D eigenvalue weighted by Crippen LogP contribution is -2.43. The topological polar surface area (TPSA) is 50.4 Å². The molecule has 1 unspecified atom stereocenters. The van der Waals surface area contributed by atoms with E-state index in [2.05, 4.69) is 10.6 Å². The first-order valence-electron chi connectivity index (χ1n) is 7.61. The SMILES string of the molecule is O=C(NC1CCOc2ccc(Cl)cc21)[C@@H]1CC2(CC2)CN1. The number of benzene rings is 1. The Morgan fingerprint density at radius 2 is 2.29 bits per heavy atom. The normalized spacial score (nSPS) is 28.8. The second-order valence-corrected chi connectivity index (χ2v) is 6.95. The van der Waals surface area contributed by atoms with Crippen LogP contribution in [0.2, 0.25) is 5.02 Å². The number of hydrogen-bond acceptors (Lipinski definition) is 3. The summed E-state index contributed by atoms with van der Waals surface area (Å²) in [5, 5.41) is 7.21. The van der Waals surface area contributed by atoms with Gasteiger partial charge in [-0.15, -0.1) is 0 Å². The van der Waals surface area contributed by atoms with Gasteiger partial charge in [0.05, 0.1) is 18.7 Å². The molecule has 3 aliphatic rings. The van der Waals surface area contributed by atoms with Crippen molar-refractivity contribution >= 4 is 17.5 Å². The zero-order valence-corrected chi connectivity index (χ0v) is 12.6. The number of nitrogens with one attached hydrogen (secondary N) is 2. The fourth-order valence-electron chi connectivity index (χ4n) is 3.45. The van der Waals surface area contributed by atoms with Crippen molar-refractivity contribution in [3.63, 3.8) is 0 Å². The van der Waals surface area contributed by atoms with Crippen molar-refractivity contribution in [1.82, 2.24) is 10.6 Å². The average Bonchev–Trinajstić information content (AvgIpc) is 3.09. The van der Waals surface area contributed by atoms with Crippen LogP contribution in [-0.2, 0) is 4.79 Å². The highest BCUT2D eigenvalue weighted by molar-refractivity contribution is 6.30. The van der Waals surface area contributed by atoms with Crippen LogP contribution < -0.4 is 15.4 Å². The van der Waals surface area contributed by atoms with Crippen molar-refractivity contribution in [3.8, 4) is 5.75 Å².